The lowest BCUT2D eigenvalue weighted by molar-refractivity contribution is -0.149. The molecule has 5 nitrogen and oxygen atoms in total. The number of carbonyl (C=O) groups excluding carboxylic acids is 2. The van der Waals surface area contributed by atoms with Gasteiger partial charge in [0, 0.05) is 6.42 Å². The van der Waals surface area contributed by atoms with E-state index in [4.69, 9.17) is 4.74 Å². The first-order valence-electron chi connectivity index (χ1n) is 19.4. The number of allylic oxidation sites excluding steroid dienone is 2. The normalized spacial score (nSPS) is 12.2. The fourth-order valence-electron chi connectivity index (χ4n) is 5.73. The van der Waals surface area contributed by atoms with Crippen LogP contribution in [0.2, 0.25) is 0 Å². The zero-order valence-electron chi connectivity index (χ0n) is 29.5. The Hall–Kier alpha value is -1.36. The van der Waals surface area contributed by atoms with Gasteiger partial charge >= 0.3 is 5.97 Å². The van der Waals surface area contributed by atoms with Gasteiger partial charge in [-0.05, 0) is 38.5 Å². The van der Waals surface area contributed by atoms with Crippen LogP contribution in [-0.2, 0) is 14.3 Å². The minimum absolute atomic E-state index is 0.180. The molecule has 0 rings (SSSR count). The Balaban J connectivity index is 3.54. The Bertz CT molecular complexity index is 636. The predicted molar refractivity (Wildman–Crippen MR) is 189 cm³/mol. The maximum atomic E-state index is 12.3. The molecular weight excluding hydrogens is 546 g/mol. The van der Waals surface area contributed by atoms with Crippen LogP contribution in [0.5, 0.6) is 0 Å². The zero-order valence-corrected chi connectivity index (χ0v) is 29.5. The van der Waals surface area contributed by atoms with Gasteiger partial charge in [-0.25, -0.2) is 4.79 Å². The number of rotatable bonds is 35. The van der Waals surface area contributed by atoms with Crippen molar-refractivity contribution in [2.45, 2.75) is 213 Å². The van der Waals surface area contributed by atoms with Crippen molar-refractivity contribution in [1.82, 2.24) is 5.32 Å². The molecule has 0 fully saturated rings. The first-order chi connectivity index (χ1) is 21.7. The quantitative estimate of drug-likeness (QED) is 0.0419. The molecule has 2 N–H and O–H groups in total. The van der Waals surface area contributed by atoms with Gasteiger partial charge in [-0.2, -0.15) is 0 Å². The average Bonchev–Trinajstić information content (AvgIpc) is 3.03. The molecule has 0 bridgehead atoms. The molecule has 260 valence electrons. The highest BCUT2D eigenvalue weighted by Crippen LogP contribution is 2.14. The Labute approximate surface area is 274 Å². The Kier molecular flexibility index (Phi) is 35.0. The molecule has 0 aromatic carbocycles. The van der Waals surface area contributed by atoms with Crippen molar-refractivity contribution >= 4 is 11.9 Å². The van der Waals surface area contributed by atoms with Gasteiger partial charge in [0.15, 0.2) is 6.04 Å². The summed E-state index contributed by atoms with van der Waals surface area (Å²) in [6.07, 6.45) is 41.8. The van der Waals surface area contributed by atoms with Crippen LogP contribution in [0, 0.1) is 0 Å². The molecule has 0 saturated carbocycles. The second-order valence-corrected chi connectivity index (χ2v) is 13.1. The summed E-state index contributed by atoms with van der Waals surface area (Å²) < 4.78 is 5.33. The number of aliphatic hydroxyl groups excluding tert-OH is 1. The van der Waals surface area contributed by atoms with Gasteiger partial charge in [0.1, 0.15) is 0 Å². The van der Waals surface area contributed by atoms with E-state index in [0.29, 0.717) is 13.0 Å². The molecule has 1 amide bonds. The van der Waals surface area contributed by atoms with Gasteiger partial charge in [-0.15, -0.1) is 0 Å². The summed E-state index contributed by atoms with van der Waals surface area (Å²) in [6.45, 7) is 4.47. The van der Waals surface area contributed by atoms with Crippen molar-refractivity contribution in [2.24, 2.45) is 0 Å². The molecule has 1 atom stereocenters. The molecule has 0 aliphatic rings. The maximum absolute atomic E-state index is 12.3. The van der Waals surface area contributed by atoms with Crippen LogP contribution in [0.1, 0.15) is 206 Å². The number of aliphatic hydroxyl groups is 1. The van der Waals surface area contributed by atoms with Crippen LogP contribution < -0.4 is 5.32 Å². The largest absolute Gasteiger partial charge is 0.464 e. The van der Waals surface area contributed by atoms with Gasteiger partial charge in [-0.1, -0.05) is 174 Å². The number of hydrogen-bond acceptors (Lipinski definition) is 4. The minimum Gasteiger partial charge on any atom is -0.464 e. The lowest BCUT2D eigenvalue weighted by atomic mass is 10.0. The number of unbranched alkanes of at least 4 members (excludes halogenated alkanes) is 26. The van der Waals surface area contributed by atoms with E-state index >= 15 is 0 Å². The molecule has 0 unspecified atom stereocenters. The van der Waals surface area contributed by atoms with E-state index < -0.39 is 18.6 Å². The summed E-state index contributed by atoms with van der Waals surface area (Å²) in [5.41, 5.74) is 0. The molecule has 0 aliphatic heterocycles. The molecule has 0 aliphatic carbocycles. The fraction of sp³-hybridized carbons (Fsp3) is 0.897. The first kappa shape index (κ1) is 42.6. The van der Waals surface area contributed by atoms with Crippen LogP contribution in [0.25, 0.3) is 0 Å². The van der Waals surface area contributed by atoms with Crippen molar-refractivity contribution in [3.05, 3.63) is 12.2 Å². The van der Waals surface area contributed by atoms with Crippen molar-refractivity contribution in [3.63, 3.8) is 0 Å². The summed E-state index contributed by atoms with van der Waals surface area (Å²) >= 11 is 0. The Morgan fingerprint density at radius 2 is 0.909 bits per heavy atom. The molecule has 0 spiro atoms. The second-order valence-electron chi connectivity index (χ2n) is 13.1. The van der Waals surface area contributed by atoms with Gasteiger partial charge in [0.25, 0.3) is 0 Å². The standard InChI is InChI=1S/C39H75NO4/c1-3-5-7-9-11-13-15-17-19-21-23-25-27-29-31-33-35-44-39(43)37(36-41)40-38(42)34-32-30-28-26-24-22-20-18-16-14-12-10-8-6-4-2/h18,20,37,41H,3-17,19,21-36H2,1-2H3,(H,40,42)/t37-/m0/s1. The highest BCUT2D eigenvalue weighted by Gasteiger charge is 2.21. The number of ether oxygens (including phenoxy) is 1. The lowest BCUT2D eigenvalue weighted by Crippen LogP contribution is -2.44. The third-order valence-corrected chi connectivity index (χ3v) is 8.71. The number of nitrogens with one attached hydrogen (secondary N) is 1. The van der Waals surface area contributed by atoms with E-state index in [9.17, 15) is 14.7 Å². The van der Waals surface area contributed by atoms with Crippen LogP contribution in [0.15, 0.2) is 12.2 Å². The maximum Gasteiger partial charge on any atom is 0.331 e. The molecule has 0 aromatic rings. The first-order valence-corrected chi connectivity index (χ1v) is 19.4. The van der Waals surface area contributed by atoms with Crippen LogP contribution in [-0.4, -0.2) is 36.2 Å². The molecular formula is C39H75NO4. The molecule has 0 heterocycles. The summed E-state index contributed by atoms with van der Waals surface area (Å²) in [7, 11) is 0. The zero-order chi connectivity index (χ0) is 32.2. The third kappa shape index (κ3) is 32.0. The van der Waals surface area contributed by atoms with Crippen LogP contribution >= 0.6 is 0 Å². The predicted octanol–water partition coefficient (Wildman–Crippen LogP) is 11.3. The van der Waals surface area contributed by atoms with Gasteiger partial charge in [0.2, 0.25) is 5.91 Å². The van der Waals surface area contributed by atoms with Crippen LogP contribution in [0.4, 0.5) is 0 Å². The number of hydrogen-bond donors (Lipinski definition) is 2. The summed E-state index contributed by atoms with van der Waals surface area (Å²) in [5, 5.41) is 12.2. The van der Waals surface area contributed by atoms with Crippen molar-refractivity contribution in [1.29, 1.82) is 0 Å². The second kappa shape index (κ2) is 36.1. The van der Waals surface area contributed by atoms with E-state index in [0.717, 1.165) is 38.5 Å². The van der Waals surface area contributed by atoms with Crippen molar-refractivity contribution in [3.8, 4) is 0 Å². The molecule has 0 saturated heterocycles. The van der Waals surface area contributed by atoms with E-state index in [1.165, 1.54) is 148 Å². The number of amides is 1. The topological polar surface area (TPSA) is 75.6 Å². The van der Waals surface area contributed by atoms with E-state index in [1.807, 2.05) is 0 Å². The monoisotopic (exact) mass is 622 g/mol. The van der Waals surface area contributed by atoms with Gasteiger partial charge in [-0.3, -0.25) is 4.79 Å². The number of esters is 1. The SMILES string of the molecule is CCCCCCCCC=CCCCCCCCC(=O)N[C@@H](CO)C(=O)OCCCCCCCCCCCCCCCCCC. The summed E-state index contributed by atoms with van der Waals surface area (Å²) in [5.74, 6) is -0.701. The van der Waals surface area contributed by atoms with Crippen molar-refractivity contribution < 1.29 is 19.4 Å². The van der Waals surface area contributed by atoms with Gasteiger partial charge < -0.3 is 15.2 Å². The molecule has 5 heteroatoms. The smallest absolute Gasteiger partial charge is 0.331 e. The highest BCUT2D eigenvalue weighted by molar-refractivity contribution is 5.84. The average molecular weight is 622 g/mol. The van der Waals surface area contributed by atoms with Crippen molar-refractivity contribution in [2.75, 3.05) is 13.2 Å². The Morgan fingerprint density at radius 1 is 0.545 bits per heavy atom. The van der Waals surface area contributed by atoms with E-state index in [2.05, 4.69) is 31.3 Å². The van der Waals surface area contributed by atoms with Gasteiger partial charge in [0.05, 0.1) is 13.2 Å². The van der Waals surface area contributed by atoms with Crippen LogP contribution in [0.3, 0.4) is 0 Å². The van der Waals surface area contributed by atoms with E-state index in [-0.39, 0.29) is 5.91 Å². The fourth-order valence-corrected chi connectivity index (χ4v) is 5.73. The highest BCUT2D eigenvalue weighted by atomic mass is 16.5. The third-order valence-electron chi connectivity index (χ3n) is 8.71. The Morgan fingerprint density at radius 3 is 1.32 bits per heavy atom. The molecule has 0 aromatic heterocycles. The molecule has 44 heavy (non-hydrogen) atoms. The lowest BCUT2D eigenvalue weighted by Gasteiger charge is -2.15. The summed E-state index contributed by atoms with van der Waals surface area (Å²) in [6, 6.07) is -0.952. The van der Waals surface area contributed by atoms with E-state index in [1.54, 1.807) is 0 Å². The minimum atomic E-state index is -0.952. The summed E-state index contributed by atoms with van der Waals surface area (Å²) in [4.78, 5) is 24.5. The number of carbonyl (C=O) groups is 2. The molecule has 0 radical (unpaired) electrons.